The van der Waals surface area contributed by atoms with E-state index >= 15 is 0 Å². The van der Waals surface area contributed by atoms with E-state index in [-0.39, 0.29) is 5.91 Å². The zero-order valence-electron chi connectivity index (χ0n) is 10.7. The topological polar surface area (TPSA) is 71.5 Å². The number of amides is 1. The standard InChI is InChI=1S/C12H19N3O2S/c1-8-9(2)18-6-4-15(8)7-10-3-5-17-11(10)12(16)14-13/h3,5,8-9H,4,6-7,13H2,1-2H3,(H,14,16). The molecule has 1 fully saturated rings. The molecule has 2 rings (SSSR count). The monoisotopic (exact) mass is 269 g/mol. The molecule has 0 spiro atoms. The van der Waals surface area contributed by atoms with Crippen LogP contribution < -0.4 is 11.3 Å². The fourth-order valence-electron chi connectivity index (χ4n) is 2.16. The largest absolute Gasteiger partial charge is 0.459 e. The van der Waals surface area contributed by atoms with Gasteiger partial charge in [0.05, 0.1) is 6.26 Å². The summed E-state index contributed by atoms with van der Waals surface area (Å²) in [5.74, 6) is 6.21. The van der Waals surface area contributed by atoms with E-state index in [0.717, 1.165) is 24.4 Å². The first kappa shape index (κ1) is 13.5. The van der Waals surface area contributed by atoms with Gasteiger partial charge in [-0.1, -0.05) is 6.92 Å². The highest BCUT2D eigenvalue weighted by Gasteiger charge is 2.26. The molecule has 0 aliphatic carbocycles. The van der Waals surface area contributed by atoms with E-state index in [9.17, 15) is 4.79 Å². The predicted molar refractivity (Wildman–Crippen MR) is 72.2 cm³/mol. The summed E-state index contributed by atoms with van der Waals surface area (Å²) < 4.78 is 5.20. The van der Waals surface area contributed by atoms with E-state index in [1.165, 1.54) is 6.26 Å². The summed E-state index contributed by atoms with van der Waals surface area (Å²) >= 11 is 1.99. The first-order valence-electron chi connectivity index (χ1n) is 6.06. The SMILES string of the molecule is CC1SCCN(Cc2ccoc2C(=O)NN)C1C. The zero-order chi connectivity index (χ0) is 13.1. The molecule has 2 atom stereocenters. The van der Waals surface area contributed by atoms with Crippen LogP contribution in [0.1, 0.15) is 30.0 Å². The number of hydrogen-bond acceptors (Lipinski definition) is 5. The van der Waals surface area contributed by atoms with Crippen LogP contribution in [0, 0.1) is 0 Å². The number of furan rings is 1. The van der Waals surface area contributed by atoms with Crippen LogP contribution in [0.3, 0.4) is 0 Å². The lowest BCUT2D eigenvalue weighted by Crippen LogP contribution is -2.44. The van der Waals surface area contributed by atoms with Crippen molar-refractivity contribution >= 4 is 17.7 Å². The fraction of sp³-hybridized carbons (Fsp3) is 0.583. The number of rotatable bonds is 3. The number of hydrogen-bond donors (Lipinski definition) is 2. The second-order valence-electron chi connectivity index (χ2n) is 4.54. The molecule has 1 aromatic rings. The smallest absolute Gasteiger partial charge is 0.301 e. The Labute approximate surface area is 111 Å². The molecule has 2 heterocycles. The number of nitrogens with zero attached hydrogens (tertiary/aromatic N) is 1. The molecule has 18 heavy (non-hydrogen) atoms. The summed E-state index contributed by atoms with van der Waals surface area (Å²) in [6.07, 6.45) is 1.53. The number of nitrogen functional groups attached to an aromatic ring is 1. The van der Waals surface area contributed by atoms with Crippen molar-refractivity contribution in [3.63, 3.8) is 0 Å². The number of nitrogens with one attached hydrogen (secondary N) is 1. The van der Waals surface area contributed by atoms with Gasteiger partial charge in [0, 0.05) is 35.7 Å². The van der Waals surface area contributed by atoms with Gasteiger partial charge in [-0.3, -0.25) is 15.1 Å². The molecule has 0 saturated carbocycles. The highest BCUT2D eigenvalue weighted by molar-refractivity contribution is 8.00. The minimum atomic E-state index is -0.373. The lowest BCUT2D eigenvalue weighted by Gasteiger charge is -2.37. The van der Waals surface area contributed by atoms with Gasteiger partial charge >= 0.3 is 5.91 Å². The maximum Gasteiger partial charge on any atom is 0.301 e. The molecule has 1 aromatic heterocycles. The molecule has 0 radical (unpaired) electrons. The summed E-state index contributed by atoms with van der Waals surface area (Å²) in [6, 6.07) is 2.33. The van der Waals surface area contributed by atoms with E-state index in [0.29, 0.717) is 17.1 Å². The van der Waals surface area contributed by atoms with E-state index in [1.54, 1.807) is 0 Å². The minimum absolute atomic E-state index is 0.315. The van der Waals surface area contributed by atoms with Gasteiger partial charge in [-0.2, -0.15) is 11.8 Å². The maximum atomic E-state index is 11.5. The van der Waals surface area contributed by atoms with Crippen LogP contribution in [0.15, 0.2) is 16.7 Å². The van der Waals surface area contributed by atoms with Crippen molar-refractivity contribution in [3.05, 3.63) is 23.7 Å². The summed E-state index contributed by atoms with van der Waals surface area (Å²) in [5.41, 5.74) is 3.00. The van der Waals surface area contributed by atoms with Crippen molar-refractivity contribution in [3.8, 4) is 0 Å². The Morgan fingerprint density at radius 1 is 1.67 bits per heavy atom. The average Bonchev–Trinajstić information content (AvgIpc) is 2.82. The Morgan fingerprint density at radius 3 is 3.17 bits per heavy atom. The van der Waals surface area contributed by atoms with Crippen molar-refractivity contribution in [1.82, 2.24) is 10.3 Å². The Bertz CT molecular complexity index is 421. The van der Waals surface area contributed by atoms with Gasteiger partial charge in [-0.25, -0.2) is 5.84 Å². The molecular weight excluding hydrogens is 250 g/mol. The van der Waals surface area contributed by atoms with Gasteiger partial charge in [0.1, 0.15) is 0 Å². The van der Waals surface area contributed by atoms with Crippen molar-refractivity contribution in [2.45, 2.75) is 31.7 Å². The van der Waals surface area contributed by atoms with Crippen molar-refractivity contribution in [1.29, 1.82) is 0 Å². The van der Waals surface area contributed by atoms with Gasteiger partial charge < -0.3 is 4.42 Å². The summed E-state index contributed by atoms with van der Waals surface area (Å²) in [6.45, 7) is 6.22. The molecule has 0 aromatic carbocycles. The second kappa shape index (κ2) is 5.77. The number of nitrogens with two attached hydrogens (primary N) is 1. The van der Waals surface area contributed by atoms with Crippen molar-refractivity contribution < 1.29 is 9.21 Å². The maximum absolute atomic E-state index is 11.5. The molecule has 2 unspecified atom stereocenters. The van der Waals surface area contributed by atoms with Gasteiger partial charge in [0.2, 0.25) is 0 Å². The van der Waals surface area contributed by atoms with Crippen molar-refractivity contribution in [2.24, 2.45) is 5.84 Å². The van der Waals surface area contributed by atoms with E-state index in [2.05, 4.69) is 24.2 Å². The average molecular weight is 269 g/mol. The Morgan fingerprint density at radius 2 is 2.44 bits per heavy atom. The highest BCUT2D eigenvalue weighted by atomic mass is 32.2. The Kier molecular flexibility index (Phi) is 4.31. The molecule has 1 amide bonds. The molecule has 1 saturated heterocycles. The lowest BCUT2D eigenvalue weighted by molar-refractivity contribution is 0.0922. The Balaban J connectivity index is 2.09. The van der Waals surface area contributed by atoms with Gasteiger partial charge in [-0.15, -0.1) is 0 Å². The van der Waals surface area contributed by atoms with E-state index < -0.39 is 0 Å². The van der Waals surface area contributed by atoms with E-state index in [4.69, 9.17) is 10.3 Å². The number of carbonyl (C=O) groups is 1. The van der Waals surface area contributed by atoms with Crippen LogP contribution in [-0.4, -0.2) is 34.4 Å². The summed E-state index contributed by atoms with van der Waals surface area (Å²) in [4.78, 5) is 13.9. The molecule has 100 valence electrons. The van der Waals surface area contributed by atoms with Crippen LogP contribution in [0.5, 0.6) is 0 Å². The third kappa shape index (κ3) is 2.71. The van der Waals surface area contributed by atoms with Crippen LogP contribution in [0.25, 0.3) is 0 Å². The molecule has 6 heteroatoms. The van der Waals surface area contributed by atoms with Crippen LogP contribution in [0.4, 0.5) is 0 Å². The van der Waals surface area contributed by atoms with Gasteiger partial charge in [0.15, 0.2) is 5.76 Å². The number of thioether (sulfide) groups is 1. The van der Waals surface area contributed by atoms with Crippen LogP contribution in [0.2, 0.25) is 0 Å². The zero-order valence-corrected chi connectivity index (χ0v) is 11.5. The lowest BCUT2D eigenvalue weighted by atomic mass is 10.1. The third-order valence-electron chi connectivity index (χ3n) is 3.47. The number of hydrazine groups is 1. The predicted octanol–water partition coefficient (Wildman–Crippen LogP) is 1.21. The molecular formula is C12H19N3O2S. The first-order chi connectivity index (χ1) is 8.63. The molecule has 5 nitrogen and oxygen atoms in total. The third-order valence-corrected chi connectivity index (χ3v) is 4.81. The fourth-order valence-corrected chi connectivity index (χ4v) is 3.32. The van der Waals surface area contributed by atoms with Gasteiger partial charge in [0.25, 0.3) is 0 Å². The van der Waals surface area contributed by atoms with Crippen LogP contribution >= 0.6 is 11.8 Å². The summed E-state index contributed by atoms with van der Waals surface area (Å²) in [7, 11) is 0. The molecule has 1 aliphatic heterocycles. The van der Waals surface area contributed by atoms with Crippen LogP contribution in [-0.2, 0) is 6.54 Å². The normalized spacial score (nSPS) is 25.1. The number of carbonyl (C=O) groups excluding carboxylic acids is 1. The summed E-state index contributed by atoms with van der Waals surface area (Å²) in [5, 5.41) is 0.609. The molecule has 1 aliphatic rings. The first-order valence-corrected chi connectivity index (χ1v) is 7.11. The molecule has 3 N–H and O–H groups in total. The van der Waals surface area contributed by atoms with Crippen molar-refractivity contribution in [2.75, 3.05) is 12.3 Å². The quantitative estimate of drug-likeness (QED) is 0.490. The van der Waals surface area contributed by atoms with E-state index in [1.807, 2.05) is 17.8 Å². The van der Waals surface area contributed by atoms with Gasteiger partial charge in [-0.05, 0) is 13.0 Å². The highest BCUT2D eigenvalue weighted by Crippen LogP contribution is 2.26. The second-order valence-corrected chi connectivity index (χ2v) is 6.02. The molecule has 0 bridgehead atoms. The Hall–Kier alpha value is -0.980. The minimum Gasteiger partial charge on any atom is -0.459 e.